The predicted molar refractivity (Wildman–Crippen MR) is 231 cm³/mol. The maximum absolute atomic E-state index is 14.2. The maximum Gasteiger partial charge on any atom is 0.324 e. The van der Waals surface area contributed by atoms with Gasteiger partial charge in [-0.25, -0.2) is 5.43 Å². The highest BCUT2D eigenvalue weighted by molar-refractivity contribution is 8.14. The molecule has 2 aromatic heterocycles. The summed E-state index contributed by atoms with van der Waals surface area (Å²) < 4.78 is 14.6. The number of nitrogens with one attached hydrogen (secondary N) is 2. The molecule has 2 aliphatic carbocycles. The van der Waals surface area contributed by atoms with Crippen LogP contribution in [0.1, 0.15) is 88.8 Å². The molecule has 7 atom stereocenters. The summed E-state index contributed by atoms with van der Waals surface area (Å²) >= 11 is 1.67. The second kappa shape index (κ2) is 16.1. The van der Waals surface area contributed by atoms with Gasteiger partial charge in [0.05, 0.1) is 47.1 Å². The number of aryl methyl sites for hydroxylation is 1. The molecule has 9 rings (SSSR count). The number of cyclic esters (lactones) is 1. The highest BCUT2D eigenvalue weighted by atomic mass is 32.2. The number of benzene rings is 1. The molecule has 0 radical (unpaired) electrons. The third kappa shape index (κ3) is 7.79. The number of aliphatic imine (C=N–C) groups is 1. The summed E-state index contributed by atoms with van der Waals surface area (Å²) in [5, 5.41) is 6.70. The largest absolute Gasteiger partial charge is 0.464 e. The Labute approximate surface area is 352 Å². The van der Waals surface area contributed by atoms with Crippen molar-refractivity contribution in [2.24, 2.45) is 28.2 Å². The van der Waals surface area contributed by atoms with Gasteiger partial charge in [0, 0.05) is 86.4 Å². The summed E-state index contributed by atoms with van der Waals surface area (Å²) in [6.07, 6.45) is 5.97. The van der Waals surface area contributed by atoms with Gasteiger partial charge in [-0.05, 0) is 94.2 Å². The van der Waals surface area contributed by atoms with Gasteiger partial charge in [0.2, 0.25) is 5.91 Å². The molecular weight excluding hydrogens is 765 g/mol. The van der Waals surface area contributed by atoms with E-state index in [9.17, 15) is 14.4 Å². The number of hydrazine groups is 1. The lowest BCUT2D eigenvalue weighted by Crippen LogP contribution is -2.60. The zero-order chi connectivity index (χ0) is 41.2. The molecule has 316 valence electrons. The van der Waals surface area contributed by atoms with Gasteiger partial charge in [-0.1, -0.05) is 19.9 Å². The van der Waals surface area contributed by atoms with Crippen LogP contribution >= 0.6 is 11.8 Å². The van der Waals surface area contributed by atoms with Gasteiger partial charge in [0.1, 0.15) is 12.1 Å². The van der Waals surface area contributed by atoms with E-state index in [0.717, 1.165) is 96.5 Å². The quantitative estimate of drug-likeness (QED) is 0.294. The standard InChI is InChI=1S/C45H60N8O5S/c1-7-52-37-11-10-29-19-31(37)33(41(52)32-20-30(23-46-40(32)28(4)57-6)51-17-15-50(5)16-18-51)22-45(12-13-45)25-58-44(56)34-9-8-14-53(49-34)43(55)35(21-38-47-36(29)24-59-38)48-42(54)39-26(2)27(39)3/h10-11,19-20,23,26-28,34-36,39,49H,7-9,12-18,21-22,24-25H2,1-6H3,(H,48,54)/t26-,27+,28-,34-,35-,36?,39+/m0/s1. The number of aromatic nitrogens is 2. The Morgan fingerprint density at radius 3 is 2.61 bits per heavy atom. The second-order valence-electron chi connectivity index (χ2n) is 18.1. The molecule has 1 unspecified atom stereocenters. The highest BCUT2D eigenvalue weighted by Gasteiger charge is 2.50. The Bertz CT molecular complexity index is 2150. The van der Waals surface area contributed by atoms with E-state index in [0.29, 0.717) is 32.4 Å². The van der Waals surface area contributed by atoms with Crippen LogP contribution in [-0.2, 0) is 36.8 Å². The van der Waals surface area contributed by atoms with Crippen molar-refractivity contribution in [2.45, 2.75) is 97.0 Å². The summed E-state index contributed by atoms with van der Waals surface area (Å²) in [6, 6.07) is 7.60. The van der Waals surface area contributed by atoms with Crippen molar-refractivity contribution in [3.05, 3.63) is 47.3 Å². The summed E-state index contributed by atoms with van der Waals surface area (Å²) in [5.74, 6) is 0.548. The molecule has 6 bridgehead atoms. The topological polar surface area (TPSA) is 134 Å². The van der Waals surface area contributed by atoms with Crippen molar-refractivity contribution in [3.8, 4) is 11.3 Å². The number of hydrogen-bond acceptors (Lipinski definition) is 11. The molecule has 4 fully saturated rings. The van der Waals surface area contributed by atoms with Gasteiger partial charge < -0.3 is 29.2 Å². The lowest BCUT2D eigenvalue weighted by molar-refractivity contribution is -0.154. The van der Waals surface area contributed by atoms with Crippen LogP contribution in [0, 0.1) is 23.2 Å². The fraction of sp³-hybridized carbons (Fsp3) is 0.622. The molecule has 6 heterocycles. The molecule has 13 nitrogen and oxygen atoms in total. The van der Waals surface area contributed by atoms with E-state index < -0.39 is 12.1 Å². The summed E-state index contributed by atoms with van der Waals surface area (Å²) in [4.78, 5) is 56.8. The van der Waals surface area contributed by atoms with Crippen molar-refractivity contribution in [1.82, 2.24) is 30.2 Å². The van der Waals surface area contributed by atoms with Crippen molar-refractivity contribution in [3.63, 3.8) is 0 Å². The zero-order valence-corrected chi connectivity index (χ0v) is 36.3. The molecule has 1 aromatic carbocycles. The Hall–Kier alpha value is -3.98. The molecule has 2 amide bonds. The number of amides is 2. The van der Waals surface area contributed by atoms with E-state index in [4.69, 9.17) is 19.5 Å². The first-order valence-electron chi connectivity index (χ1n) is 21.8. The SMILES string of the molecule is CCn1c(-c2cc(N3CCN(C)CC3)cnc2[C@H](C)OC)c2c3cc(ccc31)C1CSC(=N1)C[C@H](NC(=O)[C@H]1[C@H](C)[C@@H]1C)C(=O)N1CCC[C@H](N1)C(=O)OCC1(CC1)C2. The molecule has 59 heavy (non-hydrogen) atoms. The van der Waals surface area contributed by atoms with Crippen LogP contribution in [0.25, 0.3) is 22.2 Å². The third-order valence-corrected chi connectivity index (χ3v) is 15.3. The van der Waals surface area contributed by atoms with Crippen LogP contribution in [0.15, 0.2) is 35.5 Å². The number of rotatable bonds is 7. The van der Waals surface area contributed by atoms with E-state index in [1.807, 2.05) is 6.20 Å². The van der Waals surface area contributed by atoms with E-state index in [2.05, 4.69) is 84.1 Å². The maximum atomic E-state index is 14.2. The number of fused-ring (bicyclic) bond motifs is 5. The highest BCUT2D eigenvalue weighted by Crippen LogP contribution is 2.52. The molecule has 6 aliphatic rings. The number of pyridine rings is 1. The number of likely N-dealkylation sites (N-methyl/N-ethyl adjacent to an activating group) is 1. The fourth-order valence-electron chi connectivity index (χ4n) is 9.83. The van der Waals surface area contributed by atoms with Crippen molar-refractivity contribution >= 4 is 51.2 Å². The smallest absolute Gasteiger partial charge is 0.324 e. The van der Waals surface area contributed by atoms with Crippen LogP contribution < -0.4 is 15.6 Å². The van der Waals surface area contributed by atoms with Crippen LogP contribution in [0.4, 0.5) is 5.69 Å². The number of carbonyl (C=O) groups is 3. The van der Waals surface area contributed by atoms with Crippen LogP contribution in [0.5, 0.6) is 0 Å². The normalized spacial score (nSPS) is 28.9. The number of thioether (sulfide) groups is 1. The Kier molecular flexibility index (Phi) is 11.1. The van der Waals surface area contributed by atoms with Crippen molar-refractivity contribution in [2.75, 3.05) is 64.1 Å². The van der Waals surface area contributed by atoms with E-state index in [-0.39, 0.29) is 53.1 Å². The molecule has 2 N–H and O–H groups in total. The van der Waals surface area contributed by atoms with Crippen molar-refractivity contribution in [1.29, 1.82) is 0 Å². The lowest BCUT2D eigenvalue weighted by atomic mass is 9.91. The van der Waals surface area contributed by atoms with E-state index >= 15 is 0 Å². The Morgan fingerprint density at radius 2 is 1.90 bits per heavy atom. The Morgan fingerprint density at radius 1 is 1.12 bits per heavy atom. The first-order valence-corrected chi connectivity index (χ1v) is 22.8. The summed E-state index contributed by atoms with van der Waals surface area (Å²) in [7, 11) is 3.92. The number of hydrogen-bond donors (Lipinski definition) is 2. The number of carbonyl (C=O) groups excluding carboxylic acids is 3. The number of esters is 1. The van der Waals surface area contributed by atoms with Gasteiger partial charge in [-0.15, -0.1) is 11.8 Å². The number of anilines is 1. The molecule has 14 heteroatoms. The van der Waals surface area contributed by atoms with Crippen molar-refractivity contribution < 1.29 is 23.9 Å². The average molecular weight is 825 g/mol. The minimum Gasteiger partial charge on any atom is -0.464 e. The molecule has 2 saturated carbocycles. The van der Waals surface area contributed by atoms with Crippen LogP contribution in [0.2, 0.25) is 0 Å². The first-order chi connectivity index (χ1) is 28.5. The minimum absolute atomic E-state index is 0.0881. The van der Waals surface area contributed by atoms with Gasteiger partial charge >= 0.3 is 5.97 Å². The molecule has 3 aromatic rings. The molecule has 4 aliphatic heterocycles. The third-order valence-electron chi connectivity index (χ3n) is 14.3. The fourth-order valence-corrected chi connectivity index (χ4v) is 10.9. The number of piperazine rings is 1. The van der Waals surface area contributed by atoms with Crippen LogP contribution in [0.3, 0.4) is 0 Å². The second-order valence-corrected chi connectivity index (χ2v) is 19.2. The first kappa shape index (κ1) is 40.4. The van der Waals surface area contributed by atoms with E-state index in [1.165, 1.54) is 16.0 Å². The lowest BCUT2D eigenvalue weighted by Gasteiger charge is -2.35. The molecule has 2 saturated heterocycles. The van der Waals surface area contributed by atoms with Gasteiger partial charge in [-0.3, -0.25) is 29.4 Å². The predicted octanol–water partition coefficient (Wildman–Crippen LogP) is 5.52. The average Bonchev–Trinajstić information content (AvgIpc) is 4.03. The van der Waals surface area contributed by atoms with Gasteiger partial charge in [-0.2, -0.15) is 0 Å². The number of ether oxygens (including phenoxy) is 2. The van der Waals surface area contributed by atoms with Gasteiger partial charge in [0.25, 0.3) is 5.91 Å². The monoisotopic (exact) mass is 824 g/mol. The minimum atomic E-state index is -0.794. The number of nitrogens with zero attached hydrogens (tertiary/aromatic N) is 6. The van der Waals surface area contributed by atoms with Crippen LogP contribution in [-0.4, -0.2) is 114 Å². The summed E-state index contributed by atoms with van der Waals surface area (Å²) in [6.45, 7) is 13.8. The zero-order valence-electron chi connectivity index (χ0n) is 35.5. The Balaban J connectivity index is 1.15. The van der Waals surface area contributed by atoms with Gasteiger partial charge in [0.15, 0.2) is 0 Å². The summed E-state index contributed by atoms with van der Waals surface area (Å²) in [5.41, 5.74) is 10.8. The molecule has 1 spiro atoms. The van der Waals surface area contributed by atoms with E-state index in [1.54, 1.807) is 18.9 Å². The number of methoxy groups -OCH3 is 1. The molecular formula is C45H60N8O5S.